The fraction of sp³-hybridized carbons (Fsp3) is 0.688. The van der Waals surface area contributed by atoms with Crippen molar-refractivity contribution in [2.45, 2.75) is 51.5 Å². The Bertz CT molecular complexity index is 561. The van der Waals surface area contributed by atoms with E-state index in [1.165, 1.54) is 32.1 Å². The lowest BCUT2D eigenvalue weighted by Gasteiger charge is -2.50. The van der Waals surface area contributed by atoms with Gasteiger partial charge in [-0.3, -0.25) is 0 Å². The molecule has 1 saturated heterocycles. The molecule has 0 unspecified atom stereocenters. The van der Waals surface area contributed by atoms with Gasteiger partial charge in [0.05, 0.1) is 11.2 Å². The Kier molecular flexibility index (Phi) is 3.81. The van der Waals surface area contributed by atoms with Crippen molar-refractivity contribution < 1.29 is 0 Å². The van der Waals surface area contributed by atoms with Gasteiger partial charge in [-0.2, -0.15) is 10.4 Å². The fourth-order valence-corrected chi connectivity index (χ4v) is 3.75. The summed E-state index contributed by atoms with van der Waals surface area (Å²) in [5.41, 5.74) is 2.64. The Labute approximate surface area is 126 Å². The topological polar surface area (TPSA) is 64.8 Å². The first-order valence-electron chi connectivity index (χ1n) is 7.90. The SMILES string of the molecule is Cc1nnc(N2CCNCC23CCCCC3)c(C#N)c1C. The first kappa shape index (κ1) is 14.3. The number of hydrogen-bond acceptors (Lipinski definition) is 5. The van der Waals surface area contributed by atoms with Crippen molar-refractivity contribution in [2.24, 2.45) is 0 Å². The molecule has 1 aliphatic heterocycles. The summed E-state index contributed by atoms with van der Waals surface area (Å²) in [7, 11) is 0. The zero-order valence-electron chi connectivity index (χ0n) is 12.9. The Hall–Kier alpha value is -1.67. The molecule has 0 bridgehead atoms. The van der Waals surface area contributed by atoms with Crippen molar-refractivity contribution in [3.63, 3.8) is 0 Å². The standard InChI is InChI=1S/C16H23N5/c1-12-13(2)19-20-15(14(12)10-17)21-9-8-18-11-16(21)6-4-3-5-7-16/h18H,3-9,11H2,1-2H3. The summed E-state index contributed by atoms with van der Waals surface area (Å²) < 4.78 is 0. The predicted molar refractivity (Wildman–Crippen MR) is 82.3 cm³/mol. The van der Waals surface area contributed by atoms with Crippen molar-refractivity contribution in [2.75, 3.05) is 24.5 Å². The minimum absolute atomic E-state index is 0.123. The van der Waals surface area contributed by atoms with E-state index in [0.29, 0.717) is 5.56 Å². The van der Waals surface area contributed by atoms with Crippen LogP contribution in [0.2, 0.25) is 0 Å². The van der Waals surface area contributed by atoms with E-state index in [1.807, 2.05) is 13.8 Å². The highest BCUT2D eigenvalue weighted by Gasteiger charge is 2.41. The number of nitrogens with zero attached hydrogens (tertiary/aromatic N) is 4. The number of aryl methyl sites for hydroxylation is 1. The summed E-state index contributed by atoms with van der Waals surface area (Å²) in [5, 5.41) is 21.8. The summed E-state index contributed by atoms with van der Waals surface area (Å²) >= 11 is 0. The van der Waals surface area contributed by atoms with Gasteiger partial charge in [0.2, 0.25) is 0 Å². The number of aromatic nitrogens is 2. The first-order chi connectivity index (χ1) is 10.2. The largest absolute Gasteiger partial charge is 0.346 e. The molecule has 1 aromatic rings. The minimum Gasteiger partial charge on any atom is -0.346 e. The summed E-state index contributed by atoms with van der Waals surface area (Å²) in [5.74, 6) is 0.795. The lowest BCUT2D eigenvalue weighted by molar-refractivity contribution is 0.239. The molecular formula is C16H23N5. The van der Waals surface area contributed by atoms with Crippen molar-refractivity contribution in [1.29, 1.82) is 5.26 Å². The zero-order chi connectivity index (χ0) is 14.9. The monoisotopic (exact) mass is 285 g/mol. The number of rotatable bonds is 1. The van der Waals surface area contributed by atoms with Gasteiger partial charge >= 0.3 is 0 Å². The normalized spacial score (nSPS) is 21.3. The van der Waals surface area contributed by atoms with Crippen LogP contribution < -0.4 is 10.2 Å². The maximum atomic E-state index is 9.58. The molecule has 21 heavy (non-hydrogen) atoms. The number of anilines is 1. The second kappa shape index (κ2) is 5.61. The summed E-state index contributed by atoms with van der Waals surface area (Å²) in [6.07, 6.45) is 6.20. The highest BCUT2D eigenvalue weighted by molar-refractivity contribution is 5.59. The van der Waals surface area contributed by atoms with Crippen LogP contribution in [0.5, 0.6) is 0 Å². The Morgan fingerprint density at radius 1 is 1.19 bits per heavy atom. The van der Waals surface area contributed by atoms with Gasteiger partial charge in [-0.15, -0.1) is 5.10 Å². The number of nitriles is 1. The average Bonchev–Trinajstić information content (AvgIpc) is 2.51. The molecule has 2 aliphatic rings. The average molecular weight is 285 g/mol. The Balaban J connectivity index is 2.05. The van der Waals surface area contributed by atoms with Gasteiger partial charge in [0.1, 0.15) is 11.6 Å². The molecule has 1 spiro atoms. The Morgan fingerprint density at radius 3 is 2.67 bits per heavy atom. The third-order valence-corrected chi connectivity index (χ3v) is 5.13. The lowest BCUT2D eigenvalue weighted by Crippen LogP contribution is -2.62. The number of hydrogen-bond donors (Lipinski definition) is 1. The molecule has 1 N–H and O–H groups in total. The molecule has 1 aliphatic carbocycles. The van der Waals surface area contributed by atoms with Crippen molar-refractivity contribution in [3.8, 4) is 6.07 Å². The maximum Gasteiger partial charge on any atom is 0.170 e. The van der Waals surface area contributed by atoms with Crippen molar-refractivity contribution in [1.82, 2.24) is 15.5 Å². The van der Waals surface area contributed by atoms with Crippen LogP contribution in [-0.2, 0) is 0 Å². The third-order valence-electron chi connectivity index (χ3n) is 5.13. The number of piperazine rings is 1. The van der Waals surface area contributed by atoms with Gasteiger partial charge in [0.15, 0.2) is 5.82 Å². The zero-order valence-corrected chi connectivity index (χ0v) is 12.9. The maximum absolute atomic E-state index is 9.58. The van der Waals surface area contributed by atoms with E-state index in [0.717, 1.165) is 36.7 Å². The van der Waals surface area contributed by atoms with Crippen LogP contribution in [-0.4, -0.2) is 35.4 Å². The van der Waals surface area contributed by atoms with Crippen molar-refractivity contribution in [3.05, 3.63) is 16.8 Å². The molecule has 2 heterocycles. The lowest BCUT2D eigenvalue weighted by atomic mass is 9.79. The molecule has 112 valence electrons. The van der Waals surface area contributed by atoms with E-state index >= 15 is 0 Å². The summed E-state index contributed by atoms with van der Waals surface area (Å²) in [6.45, 7) is 6.74. The van der Waals surface area contributed by atoms with E-state index in [4.69, 9.17) is 0 Å². The molecule has 5 nitrogen and oxygen atoms in total. The first-order valence-corrected chi connectivity index (χ1v) is 7.90. The second-order valence-corrected chi connectivity index (χ2v) is 6.33. The molecule has 1 aromatic heterocycles. The smallest absolute Gasteiger partial charge is 0.170 e. The number of nitrogens with one attached hydrogen (secondary N) is 1. The van der Waals surface area contributed by atoms with Crippen LogP contribution in [0.3, 0.4) is 0 Å². The van der Waals surface area contributed by atoms with Crippen LogP contribution in [0.15, 0.2) is 0 Å². The van der Waals surface area contributed by atoms with Crippen LogP contribution >= 0.6 is 0 Å². The molecule has 0 amide bonds. The van der Waals surface area contributed by atoms with Crippen molar-refractivity contribution >= 4 is 5.82 Å². The molecule has 1 saturated carbocycles. The quantitative estimate of drug-likeness (QED) is 0.856. The highest BCUT2D eigenvalue weighted by Crippen LogP contribution is 2.38. The van der Waals surface area contributed by atoms with E-state index in [1.54, 1.807) is 0 Å². The molecular weight excluding hydrogens is 262 g/mol. The van der Waals surface area contributed by atoms with Gasteiger partial charge < -0.3 is 10.2 Å². The molecule has 3 rings (SSSR count). The van der Waals surface area contributed by atoms with E-state index in [2.05, 4.69) is 26.5 Å². The third kappa shape index (κ3) is 2.38. The predicted octanol–water partition coefficient (Wildman–Crippen LogP) is 2.08. The van der Waals surface area contributed by atoms with Crippen LogP contribution in [0.25, 0.3) is 0 Å². The summed E-state index contributed by atoms with van der Waals surface area (Å²) in [4.78, 5) is 2.38. The Morgan fingerprint density at radius 2 is 1.95 bits per heavy atom. The summed E-state index contributed by atoms with van der Waals surface area (Å²) in [6, 6.07) is 2.36. The fourth-order valence-electron chi connectivity index (χ4n) is 3.75. The van der Waals surface area contributed by atoms with Crippen LogP contribution in [0.4, 0.5) is 5.82 Å². The molecule has 0 radical (unpaired) electrons. The van der Waals surface area contributed by atoms with E-state index in [-0.39, 0.29) is 5.54 Å². The van der Waals surface area contributed by atoms with Gasteiger partial charge in [-0.05, 0) is 32.3 Å². The van der Waals surface area contributed by atoms with Gasteiger partial charge in [-0.1, -0.05) is 19.3 Å². The molecule has 0 atom stereocenters. The molecule has 0 aromatic carbocycles. The molecule has 5 heteroatoms. The van der Waals surface area contributed by atoms with Gasteiger partial charge in [0, 0.05) is 19.6 Å². The van der Waals surface area contributed by atoms with Gasteiger partial charge in [0.25, 0.3) is 0 Å². The second-order valence-electron chi connectivity index (χ2n) is 6.33. The highest BCUT2D eigenvalue weighted by atomic mass is 15.3. The minimum atomic E-state index is 0.123. The van der Waals surface area contributed by atoms with E-state index in [9.17, 15) is 5.26 Å². The molecule has 2 fully saturated rings. The van der Waals surface area contributed by atoms with Crippen LogP contribution in [0, 0.1) is 25.2 Å². The van der Waals surface area contributed by atoms with Crippen LogP contribution in [0.1, 0.15) is 48.9 Å². The van der Waals surface area contributed by atoms with Gasteiger partial charge in [-0.25, -0.2) is 0 Å². The van der Waals surface area contributed by atoms with E-state index < -0.39 is 0 Å².